The zero-order valence-corrected chi connectivity index (χ0v) is 32.2. The van der Waals surface area contributed by atoms with Crippen LogP contribution < -0.4 is 31.4 Å². The van der Waals surface area contributed by atoms with E-state index in [1.54, 1.807) is 0 Å². The maximum absolute atomic E-state index is 2.58. The Labute approximate surface area is 286 Å². The number of rotatable bonds is 2. The molecule has 0 bridgehead atoms. The maximum atomic E-state index is 2.58. The van der Waals surface area contributed by atoms with E-state index in [4.69, 9.17) is 0 Å². The van der Waals surface area contributed by atoms with Gasteiger partial charge in [0.2, 0.25) is 0 Å². The van der Waals surface area contributed by atoms with E-state index in [9.17, 15) is 0 Å². The molecule has 2 aliphatic heterocycles. The SMILES string of the molecule is Cc1cc2c3c(c1)N(c1ccccc1C(C)(C)C)c1ccc([SiH3])cc1B3c1cc(C(C)(C)C)ccc1N2c1ccc(C(C)(C)C)cc1. The van der Waals surface area contributed by atoms with E-state index in [0.29, 0.717) is 0 Å². The Kier molecular flexibility index (Phi) is 7.22. The third-order valence-electron chi connectivity index (χ3n) is 10.2. The predicted molar refractivity (Wildman–Crippen MR) is 211 cm³/mol. The number of anilines is 6. The summed E-state index contributed by atoms with van der Waals surface area (Å²) in [6, 6.07) is 37.7. The molecular formula is C43H49BN2Si. The Morgan fingerprint density at radius 1 is 0.511 bits per heavy atom. The van der Waals surface area contributed by atoms with Crippen molar-refractivity contribution in [2.45, 2.75) is 85.5 Å². The van der Waals surface area contributed by atoms with Gasteiger partial charge in [-0.05, 0) is 104 Å². The van der Waals surface area contributed by atoms with E-state index < -0.39 is 0 Å². The van der Waals surface area contributed by atoms with Crippen molar-refractivity contribution < 1.29 is 0 Å². The molecule has 0 aromatic heterocycles. The first-order valence-electron chi connectivity index (χ1n) is 17.2. The second-order valence-electron chi connectivity index (χ2n) is 17.0. The van der Waals surface area contributed by atoms with Crippen molar-refractivity contribution in [1.82, 2.24) is 0 Å². The molecule has 2 nitrogen and oxygen atoms in total. The molecule has 0 amide bonds. The van der Waals surface area contributed by atoms with Gasteiger partial charge in [0.25, 0.3) is 6.71 Å². The summed E-state index contributed by atoms with van der Waals surface area (Å²) in [6.07, 6.45) is 0. The van der Waals surface area contributed by atoms with E-state index in [1.165, 1.54) is 78.0 Å². The lowest BCUT2D eigenvalue weighted by Crippen LogP contribution is -2.62. The molecule has 5 aromatic carbocycles. The Balaban J connectivity index is 1.59. The van der Waals surface area contributed by atoms with Crippen LogP contribution in [0.4, 0.5) is 34.1 Å². The van der Waals surface area contributed by atoms with Crippen molar-refractivity contribution in [2.24, 2.45) is 0 Å². The molecule has 5 aromatic rings. The molecule has 0 saturated carbocycles. The van der Waals surface area contributed by atoms with Gasteiger partial charge in [-0.15, -0.1) is 0 Å². The largest absolute Gasteiger partial charge is 0.311 e. The van der Waals surface area contributed by atoms with Crippen molar-refractivity contribution in [2.75, 3.05) is 9.80 Å². The molecule has 0 unspecified atom stereocenters. The molecule has 0 atom stereocenters. The summed E-state index contributed by atoms with van der Waals surface area (Å²) in [6.45, 7) is 23.3. The van der Waals surface area contributed by atoms with E-state index in [0.717, 1.165) is 10.2 Å². The normalized spacial score (nSPS) is 14.2. The predicted octanol–water partition coefficient (Wildman–Crippen LogP) is 7.96. The topological polar surface area (TPSA) is 6.48 Å². The first kappa shape index (κ1) is 31.6. The molecule has 0 spiro atoms. The zero-order chi connectivity index (χ0) is 33.6. The van der Waals surface area contributed by atoms with Crippen molar-refractivity contribution in [3.05, 3.63) is 119 Å². The van der Waals surface area contributed by atoms with Crippen LogP contribution in [0.15, 0.2) is 97.1 Å². The summed E-state index contributed by atoms with van der Waals surface area (Å²) in [5.74, 6) is 0. The molecule has 2 aliphatic rings. The van der Waals surface area contributed by atoms with Gasteiger partial charge in [0.15, 0.2) is 0 Å². The van der Waals surface area contributed by atoms with Crippen LogP contribution in [-0.2, 0) is 16.2 Å². The van der Waals surface area contributed by atoms with Crippen LogP contribution in [0.5, 0.6) is 0 Å². The number of aryl methyl sites for hydroxylation is 1. The van der Waals surface area contributed by atoms with Crippen molar-refractivity contribution in [3.63, 3.8) is 0 Å². The van der Waals surface area contributed by atoms with Gasteiger partial charge in [-0.1, -0.05) is 122 Å². The molecule has 0 aliphatic carbocycles. The summed E-state index contributed by atoms with van der Waals surface area (Å²) in [5, 5.41) is 1.43. The van der Waals surface area contributed by atoms with E-state index in [2.05, 4.69) is 176 Å². The number of benzene rings is 5. The van der Waals surface area contributed by atoms with Gasteiger partial charge in [-0.25, -0.2) is 0 Å². The van der Waals surface area contributed by atoms with Crippen molar-refractivity contribution in [3.8, 4) is 0 Å². The quantitative estimate of drug-likeness (QED) is 0.179. The molecule has 0 fully saturated rings. The van der Waals surface area contributed by atoms with Crippen LogP contribution in [-0.4, -0.2) is 17.0 Å². The van der Waals surface area contributed by atoms with Gasteiger partial charge in [0, 0.05) is 44.4 Å². The molecule has 4 heteroatoms. The monoisotopic (exact) mass is 632 g/mol. The molecule has 0 N–H and O–H groups in total. The highest BCUT2D eigenvalue weighted by Gasteiger charge is 2.44. The summed E-state index contributed by atoms with van der Waals surface area (Å²) in [5.41, 5.74) is 17.3. The van der Waals surface area contributed by atoms with E-state index in [-0.39, 0.29) is 23.0 Å². The summed E-state index contributed by atoms with van der Waals surface area (Å²) in [4.78, 5) is 5.12. The zero-order valence-electron chi connectivity index (χ0n) is 30.2. The highest BCUT2D eigenvalue weighted by Crippen LogP contribution is 2.47. The highest BCUT2D eigenvalue weighted by atomic mass is 28.1. The minimum absolute atomic E-state index is 0.00977. The Hall–Kier alpha value is -4.02. The molecule has 0 saturated heterocycles. The number of hydrogen-bond donors (Lipinski definition) is 0. The van der Waals surface area contributed by atoms with Crippen LogP contribution in [0.3, 0.4) is 0 Å². The lowest BCUT2D eigenvalue weighted by molar-refractivity contribution is 0.590. The Bertz CT molecular complexity index is 2020. The second-order valence-corrected chi connectivity index (χ2v) is 18.1. The van der Waals surface area contributed by atoms with Crippen LogP contribution in [0.1, 0.15) is 84.6 Å². The fourth-order valence-electron chi connectivity index (χ4n) is 7.68. The number of nitrogens with zero attached hydrogens (tertiary/aromatic N) is 2. The number of para-hydroxylation sites is 1. The first-order valence-corrected chi connectivity index (χ1v) is 18.2. The van der Waals surface area contributed by atoms with Gasteiger partial charge in [0.1, 0.15) is 0 Å². The minimum atomic E-state index is -0.00977. The van der Waals surface area contributed by atoms with Crippen LogP contribution in [0, 0.1) is 6.92 Å². The van der Waals surface area contributed by atoms with Gasteiger partial charge in [0.05, 0.1) is 0 Å². The molecule has 0 radical (unpaired) electrons. The van der Waals surface area contributed by atoms with Gasteiger partial charge in [-0.3, -0.25) is 0 Å². The average Bonchev–Trinajstić information content (AvgIpc) is 2.99. The van der Waals surface area contributed by atoms with E-state index >= 15 is 0 Å². The molecule has 47 heavy (non-hydrogen) atoms. The first-order chi connectivity index (χ1) is 22.0. The van der Waals surface area contributed by atoms with Crippen LogP contribution >= 0.6 is 0 Å². The van der Waals surface area contributed by atoms with Crippen LogP contribution in [0.25, 0.3) is 0 Å². The molecular weight excluding hydrogens is 583 g/mol. The molecule has 238 valence electrons. The fraction of sp³-hybridized carbons (Fsp3) is 0.302. The lowest BCUT2D eigenvalue weighted by Gasteiger charge is -2.45. The summed E-state index contributed by atoms with van der Waals surface area (Å²) in [7, 11) is 1.01. The Morgan fingerprint density at radius 3 is 1.70 bits per heavy atom. The van der Waals surface area contributed by atoms with Crippen molar-refractivity contribution in [1.29, 1.82) is 0 Å². The smallest absolute Gasteiger partial charge is 0.252 e. The lowest BCUT2D eigenvalue weighted by atomic mass is 9.33. The fourth-order valence-corrected chi connectivity index (χ4v) is 8.16. The van der Waals surface area contributed by atoms with Gasteiger partial charge < -0.3 is 9.80 Å². The van der Waals surface area contributed by atoms with Crippen LogP contribution in [0.2, 0.25) is 0 Å². The number of fused-ring (bicyclic) bond motifs is 4. The standard InChI is InChI=1S/C43H49BN2Si/c1-27-23-38-40-39(24-27)46(35-14-12-11-13-32(35)43(8,9)10)37-22-20-31(47)26-34(37)44(40)33-25-29(42(5,6)7)17-21-36(33)45(38)30-18-15-28(16-19-30)41(2,3)4/h11-26H,1-10,47H3. The third-order valence-corrected chi connectivity index (χ3v) is 10.8. The van der Waals surface area contributed by atoms with Crippen molar-refractivity contribution >= 4 is 72.7 Å². The summed E-state index contributed by atoms with van der Waals surface area (Å²) >= 11 is 0. The highest BCUT2D eigenvalue weighted by molar-refractivity contribution is 7.00. The van der Waals surface area contributed by atoms with E-state index in [1.807, 2.05) is 0 Å². The minimum Gasteiger partial charge on any atom is -0.311 e. The molecule has 7 rings (SSSR count). The van der Waals surface area contributed by atoms with Gasteiger partial charge in [-0.2, -0.15) is 0 Å². The second kappa shape index (κ2) is 10.8. The Morgan fingerprint density at radius 2 is 1.06 bits per heavy atom. The third kappa shape index (κ3) is 5.26. The van der Waals surface area contributed by atoms with Gasteiger partial charge >= 0.3 is 0 Å². The molecule has 2 heterocycles. The summed E-state index contributed by atoms with van der Waals surface area (Å²) < 4.78 is 0. The average molecular weight is 633 g/mol. The number of hydrogen-bond acceptors (Lipinski definition) is 2. The maximum Gasteiger partial charge on any atom is 0.252 e.